The van der Waals surface area contributed by atoms with Crippen LogP contribution in [0.1, 0.15) is 55.3 Å². The van der Waals surface area contributed by atoms with Gasteiger partial charge in [0.2, 0.25) is 0 Å². The molecule has 0 aliphatic heterocycles. The average molecular weight is 900 g/mol. The Morgan fingerprint density at radius 3 is 1.10 bits per heavy atom. The molecule has 8 nitrogen and oxygen atoms in total. The van der Waals surface area contributed by atoms with Gasteiger partial charge >= 0.3 is 18.9 Å². The van der Waals surface area contributed by atoms with Crippen LogP contribution >= 0.6 is 98.4 Å². The largest absolute Gasteiger partial charge is 0.392 e. The van der Waals surface area contributed by atoms with Crippen LogP contribution in [0.2, 0.25) is 0 Å². The minimum atomic E-state index is -3.39. The molecule has 3 rings (SSSR count). The van der Waals surface area contributed by atoms with Gasteiger partial charge in [-0.05, 0) is 72.9 Å². The molecule has 0 bridgehead atoms. The van der Waals surface area contributed by atoms with Gasteiger partial charge in [0.05, 0.1) is 19.8 Å². The zero-order valence-corrected chi connectivity index (χ0v) is 31.0. The summed E-state index contributed by atoms with van der Waals surface area (Å²) in [6.45, 7) is 1.39. The number of alkyl halides is 2. The highest BCUT2D eigenvalue weighted by Gasteiger charge is 2.21. The van der Waals surface area contributed by atoms with Crippen LogP contribution in [-0.4, -0.2) is 30.0 Å². The maximum atomic E-state index is 12.3. The first-order chi connectivity index (χ1) is 20.2. The third-order valence-corrected chi connectivity index (χ3v) is 7.50. The summed E-state index contributed by atoms with van der Waals surface area (Å²) < 4.78 is 42.7. The molecule has 0 heterocycles. The molecule has 292 valence electrons. The van der Waals surface area contributed by atoms with E-state index in [-0.39, 0.29) is 63.1 Å². The van der Waals surface area contributed by atoms with E-state index in [0.717, 1.165) is 16.7 Å². The van der Waals surface area contributed by atoms with Gasteiger partial charge in [-0.1, -0.05) is 128 Å². The fourth-order valence-corrected chi connectivity index (χ4v) is 5.06. The van der Waals surface area contributed by atoms with Crippen LogP contribution in [0.5, 0.6) is 0 Å². The normalized spacial score (nSPS) is 9.80. The Bertz CT molecular complexity index is 1240. The predicted molar refractivity (Wildman–Crippen MR) is 223 cm³/mol. The summed E-state index contributed by atoms with van der Waals surface area (Å²) in [6, 6.07) is 28.3. The van der Waals surface area contributed by atoms with Crippen LogP contribution in [0.3, 0.4) is 0 Å². The fraction of sp³-hybridized carbons (Fsp3) is 0.400. The van der Waals surface area contributed by atoms with Crippen LogP contribution < -0.4 is 10.2 Å². The summed E-state index contributed by atoms with van der Waals surface area (Å²) in [7, 11) is -3.09. The van der Waals surface area contributed by atoms with Crippen molar-refractivity contribution in [2.75, 3.05) is 24.8 Å². The third kappa shape index (κ3) is 44.2. The second kappa shape index (κ2) is 37.9. The molecule has 0 atom stereocenters. The lowest BCUT2D eigenvalue weighted by Crippen LogP contribution is -2.27. The van der Waals surface area contributed by atoms with Gasteiger partial charge in [-0.2, -0.15) is 0 Å². The molecule has 0 unspecified atom stereocenters. The summed E-state index contributed by atoms with van der Waals surface area (Å²) in [6.07, 6.45) is -3.39. The van der Waals surface area contributed by atoms with E-state index in [1.54, 1.807) is 0 Å². The Morgan fingerprint density at radius 2 is 0.857 bits per heavy atom. The fourth-order valence-electron chi connectivity index (χ4n) is 2.57. The number of hydrogen-bond donors (Lipinski definition) is 3. The highest BCUT2D eigenvalue weighted by atomic mass is 36.0. The Hall–Kier alpha value is 0.110. The number of hydrogen-bond acceptors (Lipinski definition) is 6. The molecule has 0 radical (unpaired) electrons. The zero-order chi connectivity index (χ0) is 32.6. The van der Waals surface area contributed by atoms with Gasteiger partial charge in [0.25, 0.3) is 0 Å². The number of rotatable bonds is 13. The van der Waals surface area contributed by atoms with Gasteiger partial charge in [0.15, 0.2) is 0 Å². The number of aliphatic hydroxyl groups excluding tert-OH is 1. The summed E-state index contributed by atoms with van der Waals surface area (Å²) in [5.41, 5.74) is 2.81. The van der Waals surface area contributed by atoms with E-state index < -0.39 is 18.9 Å². The Kier molecular flexibility index (Phi) is 49.5. The summed E-state index contributed by atoms with van der Waals surface area (Å²) in [4.78, 5) is 0. The molecule has 0 aliphatic rings. The predicted octanol–water partition coefficient (Wildman–Crippen LogP) is 14.3. The molecular weight excluding hydrogens is 844 g/mol. The maximum Gasteiger partial charge on any atom is 0.380 e. The Balaban J connectivity index is -0.0000000810. The van der Waals surface area contributed by atoms with Crippen molar-refractivity contribution < 1.29 is 34.0 Å². The van der Waals surface area contributed by atoms with Crippen LogP contribution in [-0.2, 0) is 42.6 Å². The first-order valence-corrected chi connectivity index (χ1v) is 22.7. The number of halogens is 8. The van der Waals surface area contributed by atoms with Gasteiger partial charge in [-0.15, -0.1) is 23.2 Å². The van der Waals surface area contributed by atoms with Crippen LogP contribution in [0.25, 0.3) is 0 Å². The van der Waals surface area contributed by atoms with Crippen molar-refractivity contribution in [2.45, 2.75) is 57.0 Å². The molecule has 0 spiro atoms. The lowest BCUT2D eigenvalue weighted by molar-refractivity contribution is 0.282. The molecule has 3 aromatic rings. The highest BCUT2D eigenvalue weighted by Crippen LogP contribution is 2.61. The number of benzene rings is 3. The number of aliphatic hydroxyl groups is 1. The van der Waals surface area contributed by atoms with Crippen LogP contribution in [0.4, 0.5) is 4.70 Å². The van der Waals surface area contributed by atoms with Crippen molar-refractivity contribution in [1.82, 2.24) is 10.2 Å². The molecule has 0 aliphatic carbocycles. The molecule has 3 aromatic carbocycles. The van der Waals surface area contributed by atoms with E-state index in [2.05, 4.69) is 43.9 Å². The first kappa shape index (κ1) is 64.1. The standard InChI is InChI=1S/C11H17Cl2N2O2P.C7H7Cl2O2P.C7H8O.5CH4.Cl3OP.FH.H2/c12-6-8-14-18(16,15-9-7-13)17-10-11-4-2-1-3-5-11;8-12(9,10)11-6-7-4-2-1-3-5-7;8-6-7-4-2-1-3-5-7;;;;;;1-5(2,3)4;;/h1-5H,6-10H2,(H2,14,15,16);1-5H,6H2;1-5,8H,6H2;5*1H4;;2*1H. The minimum Gasteiger partial charge on any atom is -0.392 e. The summed E-state index contributed by atoms with van der Waals surface area (Å²) in [5.74, 6) is 0.725. The van der Waals surface area contributed by atoms with Crippen molar-refractivity contribution in [3.05, 3.63) is 108 Å². The van der Waals surface area contributed by atoms with E-state index in [1.807, 2.05) is 91.0 Å². The first-order valence-electron chi connectivity index (χ1n) is 12.1. The zero-order valence-electron chi connectivity index (χ0n) is 23.0. The molecule has 19 heteroatoms. The number of nitrogens with one attached hydrogen (secondary N) is 2. The molecule has 0 saturated carbocycles. The summed E-state index contributed by atoms with van der Waals surface area (Å²) in [5, 5.41) is 10.9. The minimum absolute atomic E-state index is 0. The molecule has 0 fully saturated rings. The maximum absolute atomic E-state index is 12.3. The van der Waals surface area contributed by atoms with Crippen molar-refractivity contribution >= 4 is 98.4 Å². The lowest BCUT2D eigenvalue weighted by Gasteiger charge is -2.19. The molecule has 49 heavy (non-hydrogen) atoms. The van der Waals surface area contributed by atoms with E-state index in [0.29, 0.717) is 24.8 Å². The van der Waals surface area contributed by atoms with Gasteiger partial charge in [-0.25, -0.2) is 10.2 Å². The second-order valence-corrected chi connectivity index (χ2v) is 21.4. The Labute approximate surface area is 330 Å². The lowest BCUT2D eigenvalue weighted by atomic mass is 10.2. The SMILES string of the molecule is C.C.C.C.C.F.O=P(Cl)(Cl)Cl.O=P(Cl)(Cl)OCc1ccccc1.O=P(NCCCl)(NCCCl)OCc1ccccc1.OCc1ccccc1.[HH]. The topological polar surface area (TPSA) is 114 Å². The van der Waals surface area contributed by atoms with E-state index in [1.165, 1.54) is 0 Å². The monoisotopic (exact) mass is 896 g/mol. The summed E-state index contributed by atoms with van der Waals surface area (Å²) >= 11 is 35.3. The molecule has 0 amide bonds. The van der Waals surface area contributed by atoms with Crippen LogP contribution in [0, 0.1) is 0 Å². The van der Waals surface area contributed by atoms with Gasteiger partial charge < -0.3 is 14.2 Å². The highest BCUT2D eigenvalue weighted by molar-refractivity contribution is 8.24. The van der Waals surface area contributed by atoms with Gasteiger partial charge in [0, 0.05) is 26.3 Å². The molecule has 0 aromatic heterocycles. The van der Waals surface area contributed by atoms with Crippen LogP contribution in [0.15, 0.2) is 91.0 Å². The van der Waals surface area contributed by atoms with Crippen molar-refractivity contribution in [3.63, 3.8) is 0 Å². The third-order valence-electron chi connectivity index (χ3n) is 4.33. The van der Waals surface area contributed by atoms with Crippen molar-refractivity contribution in [1.29, 1.82) is 0 Å². The van der Waals surface area contributed by atoms with E-state index in [9.17, 15) is 13.7 Å². The van der Waals surface area contributed by atoms with E-state index in [4.69, 9.17) is 59.8 Å². The van der Waals surface area contributed by atoms with Crippen molar-refractivity contribution in [2.24, 2.45) is 0 Å². The quantitative estimate of drug-likeness (QED) is 0.115. The average Bonchev–Trinajstić information content (AvgIpc) is 2.98. The van der Waals surface area contributed by atoms with Crippen molar-refractivity contribution in [3.8, 4) is 0 Å². The second-order valence-electron chi connectivity index (χ2n) is 7.72. The van der Waals surface area contributed by atoms with E-state index >= 15 is 0 Å². The van der Waals surface area contributed by atoms with Gasteiger partial charge in [-0.3, -0.25) is 18.4 Å². The smallest absolute Gasteiger partial charge is 0.380 e. The molecule has 3 N–H and O–H groups in total. The molecular formula is C30H55Cl7FN2O6P3. The van der Waals surface area contributed by atoms with Gasteiger partial charge in [0.1, 0.15) is 0 Å². The molecule has 0 saturated heterocycles. The Morgan fingerprint density at radius 1 is 0.571 bits per heavy atom.